The molecule has 1 amide bonds. The summed E-state index contributed by atoms with van der Waals surface area (Å²) < 4.78 is 0. The molecule has 0 heterocycles. The van der Waals surface area contributed by atoms with Gasteiger partial charge in [-0.15, -0.1) is 11.8 Å². The molecule has 0 radical (unpaired) electrons. The Morgan fingerprint density at radius 2 is 1.86 bits per heavy atom. The standard InChI is InChI=1S/C19H21NOS/c21-19(13-14-22-16-9-2-1-3-10-16)20-18-12-6-8-15-7-4-5-11-17(15)18/h1-5,7,9-11,18H,6,8,12-14H2,(H,20,21)/t18-/m1/s1. The van der Waals surface area contributed by atoms with E-state index in [-0.39, 0.29) is 11.9 Å². The SMILES string of the molecule is O=C(CCSc1ccccc1)N[C@@H]1CCCc2ccccc21. The fourth-order valence-electron chi connectivity index (χ4n) is 2.95. The van der Waals surface area contributed by atoms with Crippen molar-refractivity contribution in [3.63, 3.8) is 0 Å². The zero-order chi connectivity index (χ0) is 15.2. The Morgan fingerprint density at radius 1 is 1.09 bits per heavy atom. The second-order valence-electron chi connectivity index (χ2n) is 5.62. The lowest BCUT2D eigenvalue weighted by Gasteiger charge is -2.26. The van der Waals surface area contributed by atoms with Gasteiger partial charge in [-0.1, -0.05) is 42.5 Å². The van der Waals surface area contributed by atoms with Crippen molar-refractivity contribution in [2.24, 2.45) is 0 Å². The van der Waals surface area contributed by atoms with E-state index in [1.54, 1.807) is 11.8 Å². The Hall–Kier alpha value is -1.74. The van der Waals surface area contributed by atoms with Gasteiger partial charge in [-0.25, -0.2) is 0 Å². The van der Waals surface area contributed by atoms with Crippen molar-refractivity contribution in [2.75, 3.05) is 5.75 Å². The van der Waals surface area contributed by atoms with E-state index < -0.39 is 0 Å². The van der Waals surface area contributed by atoms with E-state index in [0.717, 1.165) is 25.0 Å². The van der Waals surface area contributed by atoms with Gasteiger partial charge in [-0.2, -0.15) is 0 Å². The first-order valence-corrected chi connectivity index (χ1v) is 8.86. The molecule has 0 saturated carbocycles. The maximum atomic E-state index is 12.2. The molecule has 0 saturated heterocycles. The third-order valence-electron chi connectivity index (χ3n) is 4.05. The lowest BCUT2D eigenvalue weighted by atomic mass is 9.88. The topological polar surface area (TPSA) is 29.1 Å². The Labute approximate surface area is 136 Å². The molecule has 0 fully saturated rings. The average molecular weight is 311 g/mol. The summed E-state index contributed by atoms with van der Waals surface area (Å²) in [5, 5.41) is 3.21. The van der Waals surface area contributed by atoms with Gasteiger partial charge in [0.1, 0.15) is 0 Å². The number of carbonyl (C=O) groups excluding carboxylic acids is 1. The zero-order valence-electron chi connectivity index (χ0n) is 12.6. The van der Waals surface area contributed by atoms with Gasteiger partial charge in [0.2, 0.25) is 5.91 Å². The zero-order valence-corrected chi connectivity index (χ0v) is 13.4. The van der Waals surface area contributed by atoms with Gasteiger partial charge in [-0.05, 0) is 42.5 Å². The van der Waals surface area contributed by atoms with E-state index in [0.29, 0.717) is 6.42 Å². The van der Waals surface area contributed by atoms with Crippen molar-refractivity contribution in [1.82, 2.24) is 5.32 Å². The van der Waals surface area contributed by atoms with Crippen molar-refractivity contribution in [2.45, 2.75) is 36.6 Å². The number of carbonyl (C=O) groups is 1. The molecule has 3 rings (SSSR count). The summed E-state index contributed by atoms with van der Waals surface area (Å²) in [4.78, 5) is 13.4. The van der Waals surface area contributed by atoms with Crippen molar-refractivity contribution < 1.29 is 4.79 Å². The van der Waals surface area contributed by atoms with Crippen LogP contribution in [0.2, 0.25) is 0 Å². The molecular formula is C19H21NOS. The Balaban J connectivity index is 1.50. The van der Waals surface area contributed by atoms with Crippen LogP contribution in [0.4, 0.5) is 0 Å². The van der Waals surface area contributed by atoms with Gasteiger partial charge in [0.25, 0.3) is 0 Å². The molecule has 0 spiro atoms. The van der Waals surface area contributed by atoms with Crippen molar-refractivity contribution in [3.05, 3.63) is 65.7 Å². The van der Waals surface area contributed by atoms with E-state index in [1.807, 2.05) is 18.2 Å². The third kappa shape index (κ3) is 3.92. The van der Waals surface area contributed by atoms with Crippen molar-refractivity contribution >= 4 is 17.7 Å². The first-order chi connectivity index (χ1) is 10.8. The molecule has 114 valence electrons. The van der Waals surface area contributed by atoms with Gasteiger partial charge >= 0.3 is 0 Å². The summed E-state index contributed by atoms with van der Waals surface area (Å²) in [6, 6.07) is 18.9. The van der Waals surface area contributed by atoms with Crippen LogP contribution in [0.5, 0.6) is 0 Å². The predicted molar refractivity (Wildman–Crippen MR) is 92.0 cm³/mol. The van der Waals surface area contributed by atoms with Gasteiger partial charge in [0.15, 0.2) is 0 Å². The third-order valence-corrected chi connectivity index (χ3v) is 5.06. The second kappa shape index (κ2) is 7.50. The minimum atomic E-state index is 0.158. The van der Waals surface area contributed by atoms with Gasteiger partial charge < -0.3 is 5.32 Å². The predicted octanol–water partition coefficient (Wildman–Crippen LogP) is 4.36. The summed E-state index contributed by atoms with van der Waals surface area (Å²) >= 11 is 1.74. The minimum absolute atomic E-state index is 0.158. The number of hydrogen-bond donors (Lipinski definition) is 1. The molecular weight excluding hydrogens is 290 g/mol. The largest absolute Gasteiger partial charge is 0.349 e. The van der Waals surface area contributed by atoms with E-state index >= 15 is 0 Å². The second-order valence-corrected chi connectivity index (χ2v) is 6.79. The van der Waals surface area contributed by atoms with Crippen LogP contribution in [0.3, 0.4) is 0 Å². The summed E-state index contributed by atoms with van der Waals surface area (Å²) in [7, 11) is 0. The molecule has 0 unspecified atom stereocenters. The molecule has 2 aromatic carbocycles. The first-order valence-electron chi connectivity index (χ1n) is 7.88. The molecule has 1 N–H and O–H groups in total. The number of amides is 1. The van der Waals surface area contributed by atoms with Gasteiger partial charge in [-0.3, -0.25) is 4.79 Å². The maximum absolute atomic E-state index is 12.2. The lowest BCUT2D eigenvalue weighted by Crippen LogP contribution is -2.31. The van der Waals surface area contributed by atoms with E-state index in [1.165, 1.54) is 16.0 Å². The fourth-order valence-corrected chi connectivity index (χ4v) is 3.82. The Bertz CT molecular complexity index is 626. The van der Waals surface area contributed by atoms with E-state index in [2.05, 4.69) is 41.7 Å². The average Bonchev–Trinajstić information content (AvgIpc) is 2.56. The van der Waals surface area contributed by atoms with Crippen LogP contribution in [0.15, 0.2) is 59.5 Å². The first kappa shape index (κ1) is 15.2. The van der Waals surface area contributed by atoms with Crippen LogP contribution >= 0.6 is 11.8 Å². The number of fused-ring (bicyclic) bond motifs is 1. The summed E-state index contributed by atoms with van der Waals surface area (Å²) in [5.41, 5.74) is 2.69. The van der Waals surface area contributed by atoms with Crippen LogP contribution < -0.4 is 5.32 Å². The molecule has 1 atom stereocenters. The van der Waals surface area contributed by atoms with E-state index in [4.69, 9.17) is 0 Å². The summed E-state index contributed by atoms with van der Waals surface area (Å²) in [6.45, 7) is 0. The molecule has 1 aliphatic rings. The Kier molecular flexibility index (Phi) is 5.17. The number of thioether (sulfide) groups is 1. The quantitative estimate of drug-likeness (QED) is 0.831. The molecule has 2 aromatic rings. The summed E-state index contributed by atoms with van der Waals surface area (Å²) in [5.74, 6) is 0.981. The summed E-state index contributed by atoms with van der Waals surface area (Å²) in [6.07, 6.45) is 3.90. The number of benzene rings is 2. The highest BCUT2D eigenvalue weighted by Gasteiger charge is 2.20. The van der Waals surface area contributed by atoms with Crippen molar-refractivity contribution in [1.29, 1.82) is 0 Å². The highest BCUT2D eigenvalue weighted by Crippen LogP contribution is 2.29. The minimum Gasteiger partial charge on any atom is -0.349 e. The highest BCUT2D eigenvalue weighted by molar-refractivity contribution is 7.99. The lowest BCUT2D eigenvalue weighted by molar-refractivity contribution is -0.121. The number of rotatable bonds is 5. The molecule has 22 heavy (non-hydrogen) atoms. The fraction of sp³-hybridized carbons (Fsp3) is 0.316. The Morgan fingerprint density at radius 3 is 2.73 bits per heavy atom. The maximum Gasteiger partial charge on any atom is 0.221 e. The van der Waals surface area contributed by atoms with Crippen LogP contribution in [0, 0.1) is 0 Å². The van der Waals surface area contributed by atoms with Crippen molar-refractivity contribution in [3.8, 4) is 0 Å². The van der Waals surface area contributed by atoms with E-state index in [9.17, 15) is 4.79 Å². The molecule has 3 heteroatoms. The molecule has 0 aliphatic heterocycles. The van der Waals surface area contributed by atoms with Gasteiger partial charge in [0, 0.05) is 17.1 Å². The number of hydrogen-bond acceptors (Lipinski definition) is 2. The van der Waals surface area contributed by atoms with Crippen LogP contribution in [-0.4, -0.2) is 11.7 Å². The number of aryl methyl sites for hydroxylation is 1. The highest BCUT2D eigenvalue weighted by atomic mass is 32.2. The monoisotopic (exact) mass is 311 g/mol. The molecule has 0 bridgehead atoms. The normalized spacial score (nSPS) is 16.8. The smallest absolute Gasteiger partial charge is 0.221 e. The molecule has 1 aliphatic carbocycles. The molecule has 0 aromatic heterocycles. The van der Waals surface area contributed by atoms with Crippen LogP contribution in [-0.2, 0) is 11.2 Å². The molecule has 2 nitrogen and oxygen atoms in total. The van der Waals surface area contributed by atoms with Crippen LogP contribution in [0.25, 0.3) is 0 Å². The number of nitrogens with one attached hydrogen (secondary N) is 1. The van der Waals surface area contributed by atoms with Crippen LogP contribution in [0.1, 0.15) is 36.4 Å². The van der Waals surface area contributed by atoms with Gasteiger partial charge in [0.05, 0.1) is 6.04 Å².